The lowest BCUT2D eigenvalue weighted by molar-refractivity contribution is -0.533. The quantitative estimate of drug-likeness (QED) is 0.216. The molecule has 1 heterocycles. The van der Waals surface area contributed by atoms with E-state index in [1.165, 1.54) is 0 Å². The van der Waals surface area contributed by atoms with Crippen molar-refractivity contribution in [3.05, 3.63) is 0 Å². The van der Waals surface area contributed by atoms with Gasteiger partial charge in [0.25, 0.3) is 0 Å². The second-order valence-electron chi connectivity index (χ2n) is 5.97. The highest BCUT2D eigenvalue weighted by Crippen LogP contribution is 2.55. The van der Waals surface area contributed by atoms with E-state index in [1.807, 2.05) is 0 Å². The molecule has 0 amide bonds. The van der Waals surface area contributed by atoms with Crippen molar-refractivity contribution in [3.63, 3.8) is 0 Å². The third kappa shape index (κ3) is 5.50. The van der Waals surface area contributed by atoms with E-state index in [-0.39, 0.29) is 0 Å². The maximum Gasteiger partial charge on any atom is 0.462 e. The van der Waals surface area contributed by atoms with Crippen molar-refractivity contribution < 1.29 is 93.6 Å². The van der Waals surface area contributed by atoms with Gasteiger partial charge in [-0.05, 0) is 0 Å². The van der Waals surface area contributed by atoms with Crippen LogP contribution >= 0.6 is 0 Å². The Labute approximate surface area is 169 Å². The summed E-state index contributed by atoms with van der Waals surface area (Å²) in [6, 6.07) is 0. The molecule has 21 heteroatoms. The predicted molar refractivity (Wildman–Crippen MR) is 63.4 cm³/mol. The molecule has 1 saturated heterocycles. The highest BCUT2D eigenvalue weighted by atomic mass is 19.4. The molecule has 1 fully saturated rings. The molecule has 3 atom stereocenters. The lowest BCUT2D eigenvalue weighted by Gasteiger charge is -2.38. The fourth-order valence-electron chi connectivity index (χ4n) is 1.76. The van der Waals surface area contributed by atoms with E-state index >= 15 is 0 Å². The van der Waals surface area contributed by atoms with Crippen LogP contribution in [-0.2, 0) is 18.9 Å². The molecule has 0 radical (unpaired) electrons. The lowest BCUT2D eigenvalue weighted by Crippen LogP contribution is -2.65. The van der Waals surface area contributed by atoms with Gasteiger partial charge >= 0.3 is 48.4 Å². The highest BCUT2D eigenvalue weighted by molar-refractivity contribution is 4.99. The molecule has 0 N–H and O–H groups in total. The first kappa shape index (κ1) is 29.7. The Bertz CT molecular complexity index is 685. The normalized spacial score (nSPS) is 25.2. The first-order valence-corrected chi connectivity index (χ1v) is 7.58. The van der Waals surface area contributed by atoms with Gasteiger partial charge in [0.1, 0.15) is 0 Å². The van der Waals surface area contributed by atoms with Crippen LogP contribution < -0.4 is 0 Å². The molecule has 1 aliphatic heterocycles. The van der Waals surface area contributed by atoms with Gasteiger partial charge < -0.3 is 14.2 Å². The van der Waals surface area contributed by atoms with Crippen LogP contribution in [0.1, 0.15) is 0 Å². The zero-order valence-corrected chi connectivity index (χ0v) is 14.8. The number of hydrogen-bond acceptors (Lipinski definition) is 4. The molecule has 33 heavy (non-hydrogen) atoms. The van der Waals surface area contributed by atoms with E-state index in [1.54, 1.807) is 4.74 Å². The fourth-order valence-corrected chi connectivity index (χ4v) is 1.76. The summed E-state index contributed by atoms with van der Waals surface area (Å²) in [7, 11) is 0. The predicted octanol–water partition coefficient (Wildman–Crippen LogP) is 5.27. The maximum absolute atomic E-state index is 13.7. The van der Waals surface area contributed by atoms with Crippen molar-refractivity contribution in [2.45, 2.75) is 54.5 Å². The third-order valence-corrected chi connectivity index (χ3v) is 3.57. The third-order valence-electron chi connectivity index (χ3n) is 3.57. The van der Waals surface area contributed by atoms with Crippen LogP contribution in [0, 0.1) is 0 Å². The van der Waals surface area contributed by atoms with E-state index in [2.05, 4.69) is 14.2 Å². The van der Waals surface area contributed by atoms with E-state index < -0.39 is 74.3 Å². The fraction of sp³-hybridized carbons (Fsp3) is 1.00. The number of halogens is 17. The standard InChI is InChI=1S/C12H7F17O4/c13-5(8(17,18)19)4(32-5)3-30-1-2-31-12(28,29)7(16,10(23,24)25)33-11(26,27)6(14,15)9(20,21)22/h4H,1-3H2. The Morgan fingerprint density at radius 3 is 1.52 bits per heavy atom. The summed E-state index contributed by atoms with van der Waals surface area (Å²) in [4.78, 5) is 0. The van der Waals surface area contributed by atoms with Gasteiger partial charge in [-0.2, -0.15) is 74.6 Å². The Morgan fingerprint density at radius 1 is 0.667 bits per heavy atom. The summed E-state index contributed by atoms with van der Waals surface area (Å²) < 4.78 is 227. The largest absolute Gasteiger partial charge is 0.462 e. The SMILES string of the molecule is FC(F)(F)C1(F)OC1COCCOC(F)(F)C(F)(OC(F)(F)C(F)(F)C(F)(F)F)C(F)(F)F. The minimum atomic E-state index is -7.59. The van der Waals surface area contributed by atoms with Crippen molar-refractivity contribution >= 4 is 0 Å². The average Bonchev–Trinajstić information content (AvgIpc) is 3.23. The van der Waals surface area contributed by atoms with Gasteiger partial charge in [-0.15, -0.1) is 0 Å². The monoisotopic (exact) mass is 538 g/mol. The summed E-state index contributed by atoms with van der Waals surface area (Å²) >= 11 is 0. The lowest BCUT2D eigenvalue weighted by atomic mass is 10.2. The summed E-state index contributed by atoms with van der Waals surface area (Å²) in [5.41, 5.74) is 0. The molecule has 0 aliphatic carbocycles. The average molecular weight is 538 g/mol. The second kappa shape index (κ2) is 8.40. The van der Waals surface area contributed by atoms with Crippen molar-refractivity contribution in [1.29, 1.82) is 0 Å². The van der Waals surface area contributed by atoms with Gasteiger partial charge in [0.15, 0.2) is 6.10 Å². The van der Waals surface area contributed by atoms with Gasteiger partial charge in [-0.1, -0.05) is 0 Å². The molecule has 0 aromatic carbocycles. The zero-order chi connectivity index (χ0) is 26.5. The summed E-state index contributed by atoms with van der Waals surface area (Å²) in [5.74, 6) is -19.1. The Kier molecular flexibility index (Phi) is 7.55. The molecule has 198 valence electrons. The van der Waals surface area contributed by atoms with Gasteiger partial charge in [0.2, 0.25) is 0 Å². The van der Waals surface area contributed by atoms with Crippen LogP contribution in [0.5, 0.6) is 0 Å². The van der Waals surface area contributed by atoms with Crippen LogP contribution in [0.15, 0.2) is 0 Å². The van der Waals surface area contributed by atoms with Crippen molar-refractivity contribution in [2.24, 2.45) is 0 Å². The molecule has 0 bridgehead atoms. The first-order chi connectivity index (χ1) is 14.3. The number of rotatable bonds is 10. The molecule has 1 aliphatic rings. The Morgan fingerprint density at radius 2 is 1.15 bits per heavy atom. The molecule has 3 unspecified atom stereocenters. The van der Waals surface area contributed by atoms with Crippen LogP contribution in [-0.4, -0.2) is 74.3 Å². The van der Waals surface area contributed by atoms with E-state index in [0.717, 1.165) is 0 Å². The second-order valence-corrected chi connectivity index (χ2v) is 5.97. The Balaban J connectivity index is 2.86. The van der Waals surface area contributed by atoms with E-state index in [0.29, 0.717) is 0 Å². The number of alkyl halides is 17. The summed E-state index contributed by atoms with van der Waals surface area (Å²) in [6.07, 6.45) is -37.0. The van der Waals surface area contributed by atoms with Crippen molar-refractivity contribution in [2.75, 3.05) is 19.8 Å². The molecule has 4 nitrogen and oxygen atoms in total. The molecule has 0 spiro atoms. The molecule has 0 saturated carbocycles. The van der Waals surface area contributed by atoms with Gasteiger partial charge in [-0.25, -0.2) is 0 Å². The van der Waals surface area contributed by atoms with Crippen LogP contribution in [0.25, 0.3) is 0 Å². The van der Waals surface area contributed by atoms with E-state index in [9.17, 15) is 74.6 Å². The molecule has 0 aromatic rings. The Hall–Kier alpha value is -1.35. The van der Waals surface area contributed by atoms with Gasteiger partial charge in [0, 0.05) is 0 Å². The van der Waals surface area contributed by atoms with Gasteiger partial charge in [-0.3, -0.25) is 4.74 Å². The molecular formula is C12H7F17O4. The molecule has 1 rings (SSSR count). The molecule has 0 aromatic heterocycles. The van der Waals surface area contributed by atoms with Crippen LogP contribution in [0.3, 0.4) is 0 Å². The topological polar surface area (TPSA) is 40.2 Å². The van der Waals surface area contributed by atoms with Gasteiger partial charge in [0.05, 0.1) is 19.8 Å². The number of epoxide rings is 1. The number of hydrogen-bond donors (Lipinski definition) is 0. The number of ether oxygens (including phenoxy) is 4. The van der Waals surface area contributed by atoms with E-state index in [4.69, 9.17) is 0 Å². The smallest absolute Gasteiger partial charge is 0.376 e. The van der Waals surface area contributed by atoms with Crippen LogP contribution in [0.2, 0.25) is 0 Å². The minimum absolute atomic E-state index is 1.39. The zero-order valence-electron chi connectivity index (χ0n) is 14.8. The molecular weight excluding hydrogens is 531 g/mol. The maximum atomic E-state index is 13.7. The summed E-state index contributed by atoms with van der Waals surface area (Å²) in [6.45, 7) is -4.94. The minimum Gasteiger partial charge on any atom is -0.376 e. The van der Waals surface area contributed by atoms with Crippen molar-refractivity contribution in [1.82, 2.24) is 0 Å². The highest BCUT2D eigenvalue weighted by Gasteiger charge is 2.83. The van der Waals surface area contributed by atoms with Crippen molar-refractivity contribution in [3.8, 4) is 0 Å². The summed E-state index contributed by atoms with van der Waals surface area (Å²) in [5, 5.41) is 0. The van der Waals surface area contributed by atoms with Crippen LogP contribution in [0.4, 0.5) is 74.6 Å². The first-order valence-electron chi connectivity index (χ1n) is 7.58.